The van der Waals surface area contributed by atoms with Gasteiger partial charge in [-0.15, -0.1) is 11.3 Å². The molecule has 1 fully saturated rings. The molecule has 290 valence electrons. The average Bonchev–Trinajstić information content (AvgIpc) is 3.84. The van der Waals surface area contributed by atoms with E-state index in [2.05, 4.69) is 15.6 Å². The van der Waals surface area contributed by atoms with E-state index in [1.54, 1.807) is 32.4 Å². The number of carbonyl (C=O) groups excluding carboxylic acids is 4. The zero-order valence-electron chi connectivity index (χ0n) is 32.8. The van der Waals surface area contributed by atoms with E-state index >= 15 is 0 Å². The van der Waals surface area contributed by atoms with Crippen molar-refractivity contribution >= 4 is 35.0 Å². The molecule has 52 heavy (non-hydrogen) atoms. The molecule has 2 aromatic rings. The van der Waals surface area contributed by atoms with Crippen molar-refractivity contribution in [1.29, 1.82) is 0 Å². The summed E-state index contributed by atoms with van der Waals surface area (Å²) in [6.45, 7) is 10.3. The van der Waals surface area contributed by atoms with Crippen LogP contribution in [0.1, 0.15) is 76.9 Å². The Bertz CT molecular complexity index is 1400. The molecule has 8 unspecified atom stereocenters. The molecule has 0 bridgehead atoms. The number of hydrogen-bond donors (Lipinski definition) is 2. The van der Waals surface area contributed by atoms with Crippen LogP contribution < -0.4 is 10.6 Å². The molecule has 1 aromatic carbocycles. The van der Waals surface area contributed by atoms with Crippen molar-refractivity contribution in [3.05, 3.63) is 52.5 Å². The predicted octanol–water partition coefficient (Wildman–Crippen LogP) is 4.17. The third-order valence-corrected chi connectivity index (χ3v) is 11.4. The molecule has 4 amide bonds. The van der Waals surface area contributed by atoms with Crippen LogP contribution in [0.25, 0.3) is 0 Å². The van der Waals surface area contributed by atoms with Crippen LogP contribution in [0.5, 0.6) is 0 Å². The average molecular weight is 743 g/mol. The fourth-order valence-electron chi connectivity index (χ4n) is 7.61. The summed E-state index contributed by atoms with van der Waals surface area (Å²) in [6.07, 6.45) is 3.54. The Hall–Kier alpha value is -3.39. The number of thiazole rings is 1. The van der Waals surface area contributed by atoms with E-state index in [1.807, 2.05) is 94.2 Å². The van der Waals surface area contributed by atoms with E-state index in [4.69, 9.17) is 9.47 Å². The number of amides is 4. The first-order valence-corrected chi connectivity index (χ1v) is 19.4. The largest absolute Gasteiger partial charge is 0.379 e. The van der Waals surface area contributed by atoms with Crippen molar-refractivity contribution in [3.63, 3.8) is 0 Å². The second-order valence-electron chi connectivity index (χ2n) is 14.6. The molecule has 8 atom stereocenters. The van der Waals surface area contributed by atoms with Gasteiger partial charge < -0.3 is 29.9 Å². The monoisotopic (exact) mass is 742 g/mol. The number of nitrogens with one attached hydrogen (secondary N) is 2. The van der Waals surface area contributed by atoms with E-state index in [-0.39, 0.29) is 66.6 Å². The third-order valence-electron chi connectivity index (χ3n) is 10.5. The molecular formula is C39H62N6O6S. The molecule has 3 rings (SSSR count). The summed E-state index contributed by atoms with van der Waals surface area (Å²) in [5.41, 5.74) is 1.09. The maximum atomic E-state index is 14.1. The summed E-state index contributed by atoms with van der Waals surface area (Å²) >= 11 is 1.51. The maximum Gasteiger partial charge on any atom is 0.242 e. The molecule has 1 aliphatic heterocycles. The lowest BCUT2D eigenvalue weighted by Crippen LogP contribution is -2.55. The molecule has 1 saturated heterocycles. The first-order valence-electron chi connectivity index (χ1n) is 18.5. The van der Waals surface area contributed by atoms with Gasteiger partial charge >= 0.3 is 0 Å². The Morgan fingerprint density at radius 1 is 1.02 bits per heavy atom. The van der Waals surface area contributed by atoms with E-state index < -0.39 is 24.2 Å². The molecule has 0 aliphatic carbocycles. The van der Waals surface area contributed by atoms with Crippen LogP contribution in [0.2, 0.25) is 0 Å². The zero-order chi connectivity index (χ0) is 38.5. The Morgan fingerprint density at radius 3 is 2.27 bits per heavy atom. The SMILES string of the molecule is CCC(C)C(C(CC(=O)N1CCCC1C(OC)C(C)C(=O)NC(Cc1ccccc1)c1nccs1)OC)N(C)C(=O)CNC(=O)C(C(C)C)N(C)C. The molecule has 1 aliphatic rings. The fraction of sp³-hybridized carbons (Fsp3) is 0.667. The summed E-state index contributed by atoms with van der Waals surface area (Å²) in [4.78, 5) is 64.2. The second kappa shape index (κ2) is 20.7. The predicted molar refractivity (Wildman–Crippen MR) is 205 cm³/mol. The quantitative estimate of drug-likeness (QED) is 0.207. The van der Waals surface area contributed by atoms with Crippen molar-refractivity contribution in [2.24, 2.45) is 17.8 Å². The molecule has 0 radical (unpaired) electrons. The lowest BCUT2D eigenvalue weighted by molar-refractivity contribution is -0.146. The topological polar surface area (TPSA) is 133 Å². The molecule has 0 spiro atoms. The number of methoxy groups -OCH3 is 2. The van der Waals surface area contributed by atoms with Crippen LogP contribution in [-0.2, 0) is 35.1 Å². The van der Waals surface area contributed by atoms with E-state index in [1.165, 1.54) is 11.3 Å². The smallest absolute Gasteiger partial charge is 0.242 e. The number of rotatable bonds is 20. The van der Waals surface area contributed by atoms with Gasteiger partial charge in [-0.1, -0.05) is 71.4 Å². The van der Waals surface area contributed by atoms with E-state index in [0.717, 1.165) is 23.4 Å². The van der Waals surface area contributed by atoms with Crippen LogP contribution >= 0.6 is 11.3 Å². The summed E-state index contributed by atoms with van der Waals surface area (Å²) in [6, 6.07) is 8.64. The Morgan fingerprint density at radius 2 is 1.71 bits per heavy atom. The minimum absolute atomic E-state index is 0.0130. The molecule has 1 aromatic heterocycles. The highest BCUT2D eigenvalue weighted by molar-refractivity contribution is 7.09. The Labute approximate surface area is 315 Å². The van der Waals surface area contributed by atoms with Gasteiger partial charge in [-0.3, -0.25) is 24.1 Å². The van der Waals surface area contributed by atoms with Crippen LogP contribution in [0.15, 0.2) is 41.9 Å². The van der Waals surface area contributed by atoms with Crippen molar-refractivity contribution in [1.82, 2.24) is 30.3 Å². The third kappa shape index (κ3) is 11.3. The summed E-state index contributed by atoms with van der Waals surface area (Å²) < 4.78 is 12.0. The molecule has 2 heterocycles. The lowest BCUT2D eigenvalue weighted by atomic mass is 9.90. The minimum Gasteiger partial charge on any atom is -0.379 e. The van der Waals surface area contributed by atoms with Gasteiger partial charge in [-0.2, -0.15) is 0 Å². The summed E-state index contributed by atoms with van der Waals surface area (Å²) in [7, 11) is 8.57. The van der Waals surface area contributed by atoms with Crippen molar-refractivity contribution in [2.75, 3.05) is 48.5 Å². The number of likely N-dealkylation sites (tertiary alicyclic amines) is 1. The van der Waals surface area contributed by atoms with Gasteiger partial charge in [0.05, 0.1) is 55.3 Å². The van der Waals surface area contributed by atoms with Crippen LogP contribution in [0, 0.1) is 17.8 Å². The van der Waals surface area contributed by atoms with Gasteiger partial charge in [-0.05, 0) is 50.8 Å². The number of aromatic nitrogens is 1. The number of carbonyl (C=O) groups is 4. The van der Waals surface area contributed by atoms with Gasteiger partial charge in [0.25, 0.3) is 0 Å². The van der Waals surface area contributed by atoms with Gasteiger partial charge in [0.15, 0.2) is 0 Å². The van der Waals surface area contributed by atoms with Crippen LogP contribution in [0.3, 0.4) is 0 Å². The standard InChI is InChI=1S/C39H62N6O6S/c1-11-26(4)35(44(8)33(47)24-41-38(49)34(25(2)3)43(6)7)31(50-9)23-32(46)45-20-15-18-30(45)36(51-10)27(5)37(48)42-29(39-40-19-21-52-39)22-28-16-13-12-14-17-28/h12-14,16-17,19,21,25-27,29-31,34-36H,11,15,18,20,22-24H2,1-10H3,(H,41,49)(H,42,48). The zero-order valence-corrected chi connectivity index (χ0v) is 33.7. The minimum atomic E-state index is -0.586. The van der Waals surface area contributed by atoms with Crippen LogP contribution in [0.4, 0.5) is 0 Å². The number of hydrogen-bond acceptors (Lipinski definition) is 9. The van der Waals surface area contributed by atoms with Crippen molar-refractivity contribution in [2.45, 2.75) is 103 Å². The molecule has 13 heteroatoms. The molecule has 0 saturated carbocycles. The summed E-state index contributed by atoms with van der Waals surface area (Å²) in [5.74, 6) is -1.19. The normalized spacial score (nSPS) is 18.7. The number of likely N-dealkylation sites (N-methyl/N-ethyl adjacent to an activating group) is 2. The molecular weight excluding hydrogens is 681 g/mol. The van der Waals surface area contributed by atoms with Gasteiger partial charge in [0.1, 0.15) is 5.01 Å². The Kier molecular flexibility index (Phi) is 17.2. The molecule has 2 N–H and O–H groups in total. The van der Waals surface area contributed by atoms with Gasteiger partial charge in [0.2, 0.25) is 23.6 Å². The first-order chi connectivity index (χ1) is 24.7. The lowest BCUT2D eigenvalue weighted by Gasteiger charge is -2.39. The highest BCUT2D eigenvalue weighted by atomic mass is 32.1. The number of benzene rings is 1. The van der Waals surface area contributed by atoms with Crippen LogP contribution in [-0.4, -0.2) is 122 Å². The van der Waals surface area contributed by atoms with E-state index in [0.29, 0.717) is 19.4 Å². The van der Waals surface area contributed by atoms with Gasteiger partial charge in [-0.25, -0.2) is 4.98 Å². The van der Waals surface area contributed by atoms with Gasteiger partial charge in [0, 0.05) is 39.4 Å². The molecule has 12 nitrogen and oxygen atoms in total. The maximum absolute atomic E-state index is 14.1. The van der Waals surface area contributed by atoms with Crippen molar-refractivity contribution in [3.8, 4) is 0 Å². The Balaban J connectivity index is 1.72. The second-order valence-corrected chi connectivity index (χ2v) is 15.6. The fourth-order valence-corrected chi connectivity index (χ4v) is 8.30. The van der Waals surface area contributed by atoms with E-state index in [9.17, 15) is 19.2 Å². The number of nitrogens with zero attached hydrogens (tertiary/aromatic N) is 4. The van der Waals surface area contributed by atoms with Crippen molar-refractivity contribution < 1.29 is 28.7 Å². The highest BCUT2D eigenvalue weighted by Gasteiger charge is 2.42. The summed E-state index contributed by atoms with van der Waals surface area (Å²) in [5, 5.41) is 8.78. The highest BCUT2D eigenvalue weighted by Crippen LogP contribution is 2.30. The number of ether oxygens (including phenoxy) is 2. The first kappa shape index (κ1) is 43.0.